The zero-order valence-electron chi connectivity index (χ0n) is 9.69. The highest BCUT2D eigenvalue weighted by Crippen LogP contribution is 2.32. The molecule has 16 heavy (non-hydrogen) atoms. The summed E-state index contributed by atoms with van der Waals surface area (Å²) in [5.74, 6) is 1.48. The molecule has 0 radical (unpaired) electrons. The lowest BCUT2D eigenvalue weighted by molar-refractivity contribution is 0.0521. The lowest BCUT2D eigenvalue weighted by Crippen LogP contribution is -2.10. The van der Waals surface area contributed by atoms with E-state index in [1.54, 1.807) is 6.92 Å². The lowest BCUT2D eigenvalue weighted by Gasteiger charge is -2.05. The highest BCUT2D eigenvalue weighted by Gasteiger charge is 2.26. The molecule has 1 aliphatic rings. The van der Waals surface area contributed by atoms with Crippen LogP contribution in [-0.4, -0.2) is 22.1 Å². The van der Waals surface area contributed by atoms with Gasteiger partial charge in [-0.2, -0.15) is 0 Å². The topological polar surface area (TPSA) is 70.1 Å². The molecule has 0 unspecified atom stereocenters. The van der Waals surface area contributed by atoms with Gasteiger partial charge in [-0.3, -0.25) is 0 Å². The summed E-state index contributed by atoms with van der Waals surface area (Å²) >= 11 is 0. The number of hydrogen-bond acceptors (Lipinski definition) is 4. The van der Waals surface area contributed by atoms with Crippen LogP contribution in [0, 0.1) is 12.8 Å². The summed E-state index contributed by atoms with van der Waals surface area (Å²) in [7, 11) is 0. The summed E-state index contributed by atoms with van der Waals surface area (Å²) in [6, 6.07) is 0. The fourth-order valence-electron chi connectivity index (χ4n) is 1.72. The molecule has 1 heterocycles. The molecule has 0 spiro atoms. The van der Waals surface area contributed by atoms with Crippen LogP contribution in [-0.2, 0) is 11.3 Å². The maximum absolute atomic E-state index is 11.6. The van der Waals surface area contributed by atoms with Crippen molar-refractivity contribution in [3.05, 3.63) is 11.5 Å². The molecule has 2 rings (SSSR count). The number of anilines is 1. The van der Waals surface area contributed by atoms with Gasteiger partial charge < -0.3 is 15.0 Å². The quantitative estimate of drug-likeness (QED) is 0.782. The molecule has 0 atom stereocenters. The van der Waals surface area contributed by atoms with E-state index in [2.05, 4.69) is 4.98 Å². The van der Waals surface area contributed by atoms with E-state index < -0.39 is 5.97 Å². The Morgan fingerprint density at radius 3 is 2.88 bits per heavy atom. The fourth-order valence-corrected chi connectivity index (χ4v) is 1.72. The van der Waals surface area contributed by atoms with E-state index in [-0.39, 0.29) is 5.69 Å². The minimum atomic E-state index is -0.433. The molecular formula is C11H17N3O2. The standard InChI is InChI=1S/C11H17N3O2/c1-3-16-11(15)9-10(12)14(7(2)13-9)6-8-4-5-8/h8H,3-6,12H2,1-2H3. The summed E-state index contributed by atoms with van der Waals surface area (Å²) in [6.07, 6.45) is 2.48. The van der Waals surface area contributed by atoms with Crippen LogP contribution in [0.4, 0.5) is 5.82 Å². The lowest BCUT2D eigenvalue weighted by atomic mass is 10.4. The first-order valence-corrected chi connectivity index (χ1v) is 5.63. The first-order chi connectivity index (χ1) is 7.63. The van der Waals surface area contributed by atoms with Crippen LogP contribution in [0.2, 0.25) is 0 Å². The normalized spacial score (nSPS) is 15.1. The van der Waals surface area contributed by atoms with Gasteiger partial charge in [-0.05, 0) is 32.6 Å². The van der Waals surface area contributed by atoms with Crippen LogP contribution in [0.25, 0.3) is 0 Å². The molecule has 2 N–H and O–H groups in total. The Morgan fingerprint density at radius 1 is 1.62 bits per heavy atom. The van der Waals surface area contributed by atoms with Crippen molar-refractivity contribution < 1.29 is 9.53 Å². The highest BCUT2D eigenvalue weighted by molar-refractivity contribution is 5.92. The van der Waals surface area contributed by atoms with Crippen molar-refractivity contribution in [2.75, 3.05) is 12.3 Å². The van der Waals surface area contributed by atoms with Gasteiger partial charge in [-0.25, -0.2) is 9.78 Å². The fraction of sp³-hybridized carbons (Fsp3) is 0.636. The molecule has 0 bridgehead atoms. The van der Waals surface area contributed by atoms with Crippen molar-refractivity contribution in [3.8, 4) is 0 Å². The van der Waals surface area contributed by atoms with Crippen LogP contribution in [0.1, 0.15) is 36.1 Å². The minimum absolute atomic E-state index is 0.250. The van der Waals surface area contributed by atoms with Crippen LogP contribution < -0.4 is 5.73 Å². The van der Waals surface area contributed by atoms with Gasteiger partial charge >= 0.3 is 5.97 Å². The average Bonchev–Trinajstić information content (AvgIpc) is 3.00. The second kappa shape index (κ2) is 4.15. The van der Waals surface area contributed by atoms with Gasteiger partial charge in [0.1, 0.15) is 11.6 Å². The molecule has 1 aromatic heterocycles. The first-order valence-electron chi connectivity index (χ1n) is 5.63. The third-order valence-corrected chi connectivity index (χ3v) is 2.80. The summed E-state index contributed by atoms with van der Waals surface area (Å²) < 4.78 is 6.81. The Hall–Kier alpha value is -1.52. The number of nitrogens with two attached hydrogens (primary N) is 1. The third kappa shape index (κ3) is 2.03. The molecule has 5 nitrogen and oxygen atoms in total. The molecule has 1 fully saturated rings. The van der Waals surface area contributed by atoms with E-state index in [0.29, 0.717) is 18.3 Å². The second-order valence-electron chi connectivity index (χ2n) is 4.17. The second-order valence-corrected chi connectivity index (χ2v) is 4.17. The van der Waals surface area contributed by atoms with Gasteiger partial charge in [-0.1, -0.05) is 0 Å². The van der Waals surface area contributed by atoms with Crippen molar-refractivity contribution in [2.24, 2.45) is 5.92 Å². The van der Waals surface area contributed by atoms with Crippen molar-refractivity contribution >= 4 is 11.8 Å². The SMILES string of the molecule is CCOC(=O)c1nc(C)n(CC2CC2)c1N. The number of hydrogen-bond donors (Lipinski definition) is 1. The van der Waals surface area contributed by atoms with Crippen LogP contribution in [0.15, 0.2) is 0 Å². The van der Waals surface area contributed by atoms with E-state index >= 15 is 0 Å². The van der Waals surface area contributed by atoms with Crippen molar-refractivity contribution in [1.82, 2.24) is 9.55 Å². The Balaban J connectivity index is 2.22. The highest BCUT2D eigenvalue weighted by atomic mass is 16.5. The number of carbonyl (C=O) groups excluding carboxylic acids is 1. The predicted molar refractivity (Wildman–Crippen MR) is 60.1 cm³/mol. The Kier molecular flexibility index (Phi) is 2.85. The first kappa shape index (κ1) is 11.0. The molecule has 0 aliphatic heterocycles. The van der Waals surface area contributed by atoms with Gasteiger partial charge in [0.2, 0.25) is 0 Å². The van der Waals surface area contributed by atoms with Crippen LogP contribution in [0.3, 0.4) is 0 Å². The Labute approximate surface area is 94.6 Å². The molecule has 1 aliphatic carbocycles. The van der Waals surface area contributed by atoms with E-state index in [9.17, 15) is 4.79 Å². The molecule has 0 amide bonds. The Morgan fingerprint density at radius 2 is 2.31 bits per heavy atom. The number of esters is 1. The van der Waals surface area contributed by atoms with Gasteiger partial charge in [0.05, 0.1) is 6.61 Å². The van der Waals surface area contributed by atoms with E-state index in [1.165, 1.54) is 12.8 Å². The van der Waals surface area contributed by atoms with E-state index in [1.807, 2.05) is 11.5 Å². The predicted octanol–water partition coefficient (Wildman–Crippen LogP) is 1.36. The van der Waals surface area contributed by atoms with Crippen molar-refractivity contribution in [3.63, 3.8) is 0 Å². The van der Waals surface area contributed by atoms with Gasteiger partial charge in [-0.15, -0.1) is 0 Å². The summed E-state index contributed by atoms with van der Waals surface area (Å²) in [6.45, 7) is 4.83. The number of imidazole rings is 1. The Bertz CT molecular complexity index is 408. The minimum Gasteiger partial charge on any atom is -0.461 e. The summed E-state index contributed by atoms with van der Waals surface area (Å²) in [5.41, 5.74) is 6.16. The number of carbonyl (C=O) groups is 1. The van der Waals surface area contributed by atoms with Crippen molar-refractivity contribution in [2.45, 2.75) is 33.2 Å². The number of nitrogens with zero attached hydrogens (tertiary/aromatic N) is 2. The zero-order chi connectivity index (χ0) is 11.7. The number of ether oxygens (including phenoxy) is 1. The molecule has 0 aromatic carbocycles. The number of rotatable bonds is 4. The molecule has 1 saturated carbocycles. The van der Waals surface area contributed by atoms with Crippen molar-refractivity contribution in [1.29, 1.82) is 0 Å². The average molecular weight is 223 g/mol. The molecule has 88 valence electrons. The molecule has 0 saturated heterocycles. The number of aryl methyl sites for hydroxylation is 1. The van der Waals surface area contributed by atoms with Crippen LogP contribution in [0.5, 0.6) is 0 Å². The molecule has 5 heteroatoms. The van der Waals surface area contributed by atoms with Crippen LogP contribution >= 0.6 is 0 Å². The maximum Gasteiger partial charge on any atom is 0.360 e. The van der Waals surface area contributed by atoms with E-state index in [4.69, 9.17) is 10.5 Å². The van der Waals surface area contributed by atoms with Gasteiger partial charge in [0.15, 0.2) is 5.69 Å². The molecule has 1 aromatic rings. The maximum atomic E-state index is 11.6. The summed E-state index contributed by atoms with van der Waals surface area (Å²) in [4.78, 5) is 15.7. The third-order valence-electron chi connectivity index (χ3n) is 2.80. The van der Waals surface area contributed by atoms with Gasteiger partial charge in [0, 0.05) is 6.54 Å². The number of aromatic nitrogens is 2. The largest absolute Gasteiger partial charge is 0.461 e. The monoisotopic (exact) mass is 223 g/mol. The van der Waals surface area contributed by atoms with Gasteiger partial charge in [0.25, 0.3) is 0 Å². The zero-order valence-corrected chi connectivity index (χ0v) is 9.69. The summed E-state index contributed by atoms with van der Waals surface area (Å²) in [5, 5.41) is 0. The number of nitrogen functional groups attached to an aromatic ring is 1. The smallest absolute Gasteiger partial charge is 0.360 e. The molecular weight excluding hydrogens is 206 g/mol. The van der Waals surface area contributed by atoms with E-state index in [0.717, 1.165) is 12.4 Å².